The number of aliphatic imine (C=N–C) groups is 1. The van der Waals surface area contributed by atoms with Gasteiger partial charge < -0.3 is 15.1 Å². The van der Waals surface area contributed by atoms with E-state index in [1.54, 1.807) is 20.2 Å². The Morgan fingerprint density at radius 2 is 1.96 bits per heavy atom. The molecule has 0 bridgehead atoms. The number of hydrogen-bond acceptors (Lipinski definition) is 2. The van der Waals surface area contributed by atoms with Crippen LogP contribution in [0.4, 0.5) is 13.2 Å². The lowest BCUT2D eigenvalue weighted by Gasteiger charge is -2.22. The Morgan fingerprint density at radius 1 is 1.28 bits per heavy atom. The average Bonchev–Trinajstić information content (AvgIpc) is 3.08. The molecule has 1 N–H and O–H groups in total. The molecule has 0 aliphatic carbocycles. The van der Waals surface area contributed by atoms with Crippen molar-refractivity contribution in [3.63, 3.8) is 0 Å². The Bertz CT molecular complexity index is 623. The highest BCUT2D eigenvalue weighted by atomic mass is 19.4. The molecule has 0 unspecified atom stereocenters. The first kappa shape index (κ1) is 19.1. The van der Waals surface area contributed by atoms with Crippen LogP contribution in [0.5, 0.6) is 0 Å². The van der Waals surface area contributed by atoms with Crippen LogP contribution in [0.15, 0.2) is 29.3 Å². The zero-order chi connectivity index (χ0) is 18.4. The minimum Gasteiger partial charge on any atom is -0.347 e. The molecule has 1 aliphatic heterocycles. The van der Waals surface area contributed by atoms with Crippen molar-refractivity contribution in [3.05, 3.63) is 35.4 Å². The number of likely N-dealkylation sites (N-methyl/N-ethyl adjacent to an activating group) is 1. The number of likely N-dealkylation sites (tertiary alicyclic amines) is 1. The summed E-state index contributed by atoms with van der Waals surface area (Å²) in [5.41, 5.74) is -0.203. The number of rotatable bonds is 4. The van der Waals surface area contributed by atoms with E-state index in [0.717, 1.165) is 38.1 Å². The van der Waals surface area contributed by atoms with E-state index in [4.69, 9.17) is 0 Å². The first-order chi connectivity index (χ1) is 11.8. The van der Waals surface area contributed by atoms with Gasteiger partial charge in [0.2, 0.25) is 5.91 Å². The van der Waals surface area contributed by atoms with E-state index in [1.807, 2.05) is 4.90 Å². The van der Waals surface area contributed by atoms with Crippen molar-refractivity contribution in [2.75, 3.05) is 33.7 Å². The van der Waals surface area contributed by atoms with Crippen molar-refractivity contribution in [1.82, 2.24) is 15.1 Å². The quantitative estimate of drug-likeness (QED) is 0.665. The van der Waals surface area contributed by atoms with Gasteiger partial charge in [-0.15, -0.1) is 0 Å². The predicted octanol–water partition coefficient (Wildman–Crippen LogP) is 2.34. The lowest BCUT2D eigenvalue weighted by molar-refractivity contribution is -0.137. The molecular weight excluding hydrogens is 333 g/mol. The molecular formula is C17H23F3N4O. The molecule has 5 nitrogen and oxygen atoms in total. The molecule has 2 rings (SSSR count). The van der Waals surface area contributed by atoms with Crippen molar-refractivity contribution < 1.29 is 18.0 Å². The zero-order valence-electron chi connectivity index (χ0n) is 14.4. The van der Waals surface area contributed by atoms with Crippen LogP contribution in [0.1, 0.15) is 24.0 Å². The van der Waals surface area contributed by atoms with Gasteiger partial charge in [-0.25, -0.2) is 4.99 Å². The summed E-state index contributed by atoms with van der Waals surface area (Å²) in [4.78, 5) is 19.7. The van der Waals surface area contributed by atoms with Gasteiger partial charge in [0, 0.05) is 27.2 Å². The van der Waals surface area contributed by atoms with E-state index in [-0.39, 0.29) is 19.0 Å². The van der Waals surface area contributed by atoms with E-state index in [0.29, 0.717) is 11.5 Å². The monoisotopic (exact) mass is 356 g/mol. The van der Waals surface area contributed by atoms with Crippen LogP contribution in [0.2, 0.25) is 0 Å². The zero-order valence-corrected chi connectivity index (χ0v) is 14.4. The number of nitrogens with one attached hydrogen (secondary N) is 1. The molecule has 1 aromatic rings. The lowest BCUT2D eigenvalue weighted by atomic mass is 10.1. The number of carbonyl (C=O) groups excluding carboxylic acids is 1. The maximum atomic E-state index is 12.8. The molecule has 8 heteroatoms. The van der Waals surface area contributed by atoms with Crippen molar-refractivity contribution in [2.24, 2.45) is 4.99 Å². The first-order valence-corrected chi connectivity index (χ1v) is 8.17. The van der Waals surface area contributed by atoms with Gasteiger partial charge in [-0.3, -0.25) is 4.79 Å². The summed E-state index contributed by atoms with van der Waals surface area (Å²) in [5, 5.41) is 3.02. The standard InChI is InChI=1S/C17H23F3N4O/c1-23(2)15(25)12-22-16(24-8-3-4-9-24)21-11-13-6-5-7-14(10-13)17(18,19)20/h5-7,10H,3-4,8-9,11-12H2,1-2H3,(H,21,22). The van der Waals surface area contributed by atoms with Gasteiger partial charge in [-0.1, -0.05) is 12.1 Å². The fourth-order valence-electron chi connectivity index (χ4n) is 2.52. The highest BCUT2D eigenvalue weighted by Crippen LogP contribution is 2.29. The third-order valence-electron chi connectivity index (χ3n) is 3.97. The smallest absolute Gasteiger partial charge is 0.347 e. The topological polar surface area (TPSA) is 47.9 Å². The number of carbonyl (C=O) groups is 1. The Hall–Kier alpha value is -2.25. The van der Waals surface area contributed by atoms with Crippen LogP contribution < -0.4 is 5.32 Å². The number of guanidine groups is 1. The van der Waals surface area contributed by atoms with Crippen LogP contribution in [0.25, 0.3) is 0 Å². The fraction of sp³-hybridized carbons (Fsp3) is 0.529. The molecule has 0 aromatic heterocycles. The molecule has 1 saturated heterocycles. The highest BCUT2D eigenvalue weighted by molar-refractivity contribution is 5.86. The van der Waals surface area contributed by atoms with Crippen LogP contribution in [0.3, 0.4) is 0 Å². The van der Waals surface area contributed by atoms with Crippen molar-refractivity contribution in [2.45, 2.75) is 25.6 Å². The second-order valence-electron chi connectivity index (χ2n) is 6.17. The number of benzene rings is 1. The molecule has 1 aromatic carbocycles. The number of nitrogens with zero attached hydrogens (tertiary/aromatic N) is 3. The van der Waals surface area contributed by atoms with Crippen LogP contribution >= 0.6 is 0 Å². The molecule has 0 radical (unpaired) electrons. The van der Waals surface area contributed by atoms with E-state index in [2.05, 4.69) is 10.3 Å². The molecule has 1 heterocycles. The van der Waals surface area contributed by atoms with Gasteiger partial charge in [-0.2, -0.15) is 13.2 Å². The van der Waals surface area contributed by atoms with E-state index < -0.39 is 11.7 Å². The summed E-state index contributed by atoms with van der Waals surface area (Å²) < 4.78 is 38.4. The Balaban J connectivity index is 2.10. The van der Waals surface area contributed by atoms with E-state index >= 15 is 0 Å². The predicted molar refractivity (Wildman–Crippen MR) is 90.1 cm³/mol. The molecule has 1 aliphatic rings. The van der Waals surface area contributed by atoms with Gasteiger partial charge in [0.05, 0.1) is 18.7 Å². The molecule has 0 saturated carbocycles. The summed E-state index contributed by atoms with van der Waals surface area (Å²) in [7, 11) is 3.33. The summed E-state index contributed by atoms with van der Waals surface area (Å²) in [6.45, 7) is 1.87. The third kappa shape index (κ3) is 5.65. The number of hydrogen-bond donors (Lipinski definition) is 1. The first-order valence-electron chi connectivity index (χ1n) is 8.17. The molecule has 0 spiro atoms. The van der Waals surface area contributed by atoms with Crippen molar-refractivity contribution in [3.8, 4) is 0 Å². The second kappa shape index (κ2) is 8.22. The number of halogens is 3. The molecule has 25 heavy (non-hydrogen) atoms. The SMILES string of the molecule is CN(C)C(=O)CNC(=NCc1cccc(C(F)(F)F)c1)N1CCCC1. The molecule has 0 atom stereocenters. The Labute approximate surface area is 145 Å². The van der Waals surface area contributed by atoms with Gasteiger partial charge in [0.15, 0.2) is 5.96 Å². The maximum Gasteiger partial charge on any atom is 0.416 e. The minimum atomic E-state index is -4.37. The van der Waals surface area contributed by atoms with E-state index in [9.17, 15) is 18.0 Å². The normalized spacial score (nSPS) is 15.4. The van der Waals surface area contributed by atoms with Gasteiger partial charge >= 0.3 is 6.18 Å². The van der Waals surface area contributed by atoms with Crippen LogP contribution in [0, 0.1) is 0 Å². The second-order valence-corrected chi connectivity index (χ2v) is 6.17. The van der Waals surface area contributed by atoms with Crippen molar-refractivity contribution in [1.29, 1.82) is 0 Å². The fourth-order valence-corrected chi connectivity index (χ4v) is 2.52. The van der Waals surface area contributed by atoms with E-state index in [1.165, 1.54) is 11.0 Å². The maximum absolute atomic E-state index is 12.8. The average molecular weight is 356 g/mol. The van der Waals surface area contributed by atoms with Gasteiger partial charge in [0.25, 0.3) is 0 Å². The Kier molecular flexibility index (Phi) is 6.27. The summed E-state index contributed by atoms with van der Waals surface area (Å²) in [6, 6.07) is 5.15. The largest absolute Gasteiger partial charge is 0.416 e. The summed E-state index contributed by atoms with van der Waals surface area (Å²) in [5.74, 6) is 0.469. The summed E-state index contributed by atoms with van der Waals surface area (Å²) >= 11 is 0. The van der Waals surface area contributed by atoms with Gasteiger partial charge in [-0.05, 0) is 30.5 Å². The number of alkyl halides is 3. The number of amides is 1. The molecule has 1 amide bonds. The highest BCUT2D eigenvalue weighted by Gasteiger charge is 2.30. The van der Waals surface area contributed by atoms with Crippen LogP contribution in [-0.2, 0) is 17.5 Å². The lowest BCUT2D eigenvalue weighted by Crippen LogP contribution is -2.44. The molecule has 138 valence electrons. The minimum absolute atomic E-state index is 0.0917. The van der Waals surface area contributed by atoms with Gasteiger partial charge in [0.1, 0.15) is 0 Å². The Morgan fingerprint density at radius 3 is 2.56 bits per heavy atom. The third-order valence-corrected chi connectivity index (χ3v) is 3.97. The molecule has 1 fully saturated rings. The summed E-state index contributed by atoms with van der Waals surface area (Å²) in [6.07, 6.45) is -2.30. The van der Waals surface area contributed by atoms with Crippen molar-refractivity contribution >= 4 is 11.9 Å². The van der Waals surface area contributed by atoms with Crippen LogP contribution in [-0.4, -0.2) is 55.4 Å².